The second-order valence-corrected chi connectivity index (χ2v) is 6.87. The number of aliphatic carboxylic acids is 1. The van der Waals surface area contributed by atoms with E-state index in [0.717, 1.165) is 0 Å². The second kappa shape index (κ2) is 5.22. The highest BCUT2D eigenvalue weighted by atomic mass is 16.4. The molecule has 2 bridgehead atoms. The van der Waals surface area contributed by atoms with Crippen LogP contribution in [0.1, 0.15) is 45.8 Å². The zero-order chi connectivity index (χ0) is 18.8. The van der Waals surface area contributed by atoms with Gasteiger partial charge in [-0.15, -0.1) is 0 Å². The zero-order valence-electron chi connectivity index (χ0n) is 13.5. The Hall–Kier alpha value is -3.06. The van der Waals surface area contributed by atoms with Crippen molar-refractivity contribution in [2.75, 3.05) is 0 Å². The molecular formula is C19H16O7. The third-order valence-electron chi connectivity index (χ3n) is 5.46. The summed E-state index contributed by atoms with van der Waals surface area (Å²) in [6, 6.07) is 6.76. The van der Waals surface area contributed by atoms with Crippen molar-refractivity contribution < 1.29 is 35.1 Å². The standard InChI is InChI=1S/C19H16O7/c20-13-3-1-2-11-17(13)18(25)10-7-19(11,26)12-6-15(22)14(21)4-9(12)8(10)5-16(23)24/h1-4,6,8,10,20-22,26H,5,7H2,(H,23,24)/t8-,10-,19-/m1/s1. The third kappa shape index (κ3) is 2.04. The number of fused-ring (bicyclic) bond motifs is 6. The van der Waals surface area contributed by atoms with Crippen LogP contribution in [0.2, 0.25) is 0 Å². The molecule has 2 aromatic carbocycles. The highest BCUT2D eigenvalue weighted by Crippen LogP contribution is 2.56. The number of aromatic hydroxyl groups is 3. The van der Waals surface area contributed by atoms with E-state index >= 15 is 0 Å². The average molecular weight is 356 g/mol. The summed E-state index contributed by atoms with van der Waals surface area (Å²) in [4.78, 5) is 24.3. The van der Waals surface area contributed by atoms with Crippen molar-refractivity contribution in [3.05, 3.63) is 52.6 Å². The van der Waals surface area contributed by atoms with Crippen LogP contribution >= 0.6 is 0 Å². The Morgan fingerprint density at radius 1 is 1.08 bits per heavy atom. The first-order valence-electron chi connectivity index (χ1n) is 8.11. The van der Waals surface area contributed by atoms with Crippen LogP contribution in [0.25, 0.3) is 0 Å². The van der Waals surface area contributed by atoms with Crippen molar-refractivity contribution in [2.24, 2.45) is 5.92 Å². The highest BCUT2D eigenvalue weighted by Gasteiger charge is 2.53. The lowest BCUT2D eigenvalue weighted by Crippen LogP contribution is -2.46. The Bertz CT molecular complexity index is 965. The molecule has 0 radical (unpaired) electrons. The van der Waals surface area contributed by atoms with Gasteiger partial charge in [0.05, 0.1) is 12.0 Å². The number of carboxylic acid groups (broad SMARTS) is 1. The molecule has 7 nitrogen and oxygen atoms in total. The molecule has 0 aliphatic heterocycles. The lowest BCUT2D eigenvalue weighted by atomic mass is 9.58. The van der Waals surface area contributed by atoms with Crippen molar-refractivity contribution >= 4 is 11.8 Å². The molecule has 0 fully saturated rings. The van der Waals surface area contributed by atoms with Crippen LogP contribution < -0.4 is 0 Å². The lowest BCUT2D eigenvalue weighted by Gasteiger charge is -2.46. The molecule has 134 valence electrons. The van der Waals surface area contributed by atoms with Crippen LogP contribution in [-0.2, 0) is 10.4 Å². The Kier molecular flexibility index (Phi) is 3.29. The molecule has 0 saturated heterocycles. The number of aliphatic hydroxyl groups is 1. The first-order chi connectivity index (χ1) is 12.2. The smallest absolute Gasteiger partial charge is 0.303 e. The van der Waals surface area contributed by atoms with Gasteiger partial charge in [-0.25, -0.2) is 0 Å². The SMILES string of the molecule is O=C(O)C[C@@H]1c2cc(O)c(O)cc2[C@@]2(O)C[C@H]1C(=O)c1c(O)cccc12. The van der Waals surface area contributed by atoms with Gasteiger partial charge in [0.1, 0.15) is 11.4 Å². The van der Waals surface area contributed by atoms with E-state index in [0.29, 0.717) is 5.56 Å². The maximum Gasteiger partial charge on any atom is 0.303 e. The topological polar surface area (TPSA) is 135 Å². The van der Waals surface area contributed by atoms with Crippen molar-refractivity contribution in [1.82, 2.24) is 0 Å². The molecule has 0 spiro atoms. The fraction of sp³-hybridized carbons (Fsp3) is 0.263. The van der Waals surface area contributed by atoms with E-state index in [1.54, 1.807) is 0 Å². The second-order valence-electron chi connectivity index (χ2n) is 6.87. The minimum absolute atomic E-state index is 0.0279. The summed E-state index contributed by atoms with van der Waals surface area (Å²) in [5.41, 5.74) is -0.959. The highest BCUT2D eigenvalue weighted by molar-refractivity contribution is 6.04. The fourth-order valence-corrected chi connectivity index (χ4v) is 4.35. The summed E-state index contributed by atoms with van der Waals surface area (Å²) < 4.78 is 0. The quantitative estimate of drug-likeness (QED) is 0.518. The number of hydrogen-bond donors (Lipinski definition) is 5. The number of hydrogen-bond acceptors (Lipinski definition) is 6. The van der Waals surface area contributed by atoms with E-state index in [1.807, 2.05) is 0 Å². The Labute approximate surface area is 147 Å². The first kappa shape index (κ1) is 16.4. The first-order valence-corrected chi connectivity index (χ1v) is 8.11. The van der Waals surface area contributed by atoms with Gasteiger partial charge in [-0.2, -0.15) is 0 Å². The summed E-state index contributed by atoms with van der Waals surface area (Å²) in [7, 11) is 0. The maximum atomic E-state index is 13.0. The molecule has 4 rings (SSSR count). The van der Waals surface area contributed by atoms with Gasteiger partial charge in [0.15, 0.2) is 17.3 Å². The number of phenols is 3. The molecule has 7 heteroatoms. The summed E-state index contributed by atoms with van der Waals surface area (Å²) in [5.74, 6) is -4.42. The minimum atomic E-state index is -1.68. The molecule has 2 aliphatic carbocycles. The Morgan fingerprint density at radius 2 is 1.77 bits per heavy atom. The van der Waals surface area contributed by atoms with Gasteiger partial charge in [-0.05, 0) is 35.7 Å². The number of Topliss-reactive ketones (excluding diaryl/α,β-unsaturated/α-hetero) is 1. The van der Waals surface area contributed by atoms with Crippen LogP contribution in [0.5, 0.6) is 17.2 Å². The summed E-state index contributed by atoms with van der Waals surface area (Å²) in [6.07, 6.45) is -0.440. The van der Waals surface area contributed by atoms with Crippen LogP contribution in [0.4, 0.5) is 0 Å². The van der Waals surface area contributed by atoms with Gasteiger partial charge >= 0.3 is 5.97 Å². The van der Waals surface area contributed by atoms with Gasteiger partial charge < -0.3 is 25.5 Å². The molecular weight excluding hydrogens is 340 g/mol. The number of rotatable bonds is 2. The van der Waals surface area contributed by atoms with Gasteiger partial charge in [0, 0.05) is 17.4 Å². The number of phenolic OH excluding ortho intramolecular Hbond substituents is 3. The number of carboxylic acids is 1. The molecule has 3 atom stereocenters. The van der Waals surface area contributed by atoms with Crippen LogP contribution in [0.15, 0.2) is 30.3 Å². The predicted octanol–water partition coefficient (Wildman–Crippen LogP) is 1.81. The van der Waals surface area contributed by atoms with E-state index in [1.165, 1.54) is 30.3 Å². The van der Waals surface area contributed by atoms with Gasteiger partial charge in [-0.3, -0.25) is 9.59 Å². The van der Waals surface area contributed by atoms with Crippen molar-refractivity contribution in [3.63, 3.8) is 0 Å². The van der Waals surface area contributed by atoms with Gasteiger partial charge in [0.2, 0.25) is 0 Å². The van der Waals surface area contributed by atoms with Crippen LogP contribution in [-0.4, -0.2) is 37.3 Å². The maximum absolute atomic E-state index is 13.0. The zero-order valence-corrected chi connectivity index (χ0v) is 13.5. The molecule has 0 heterocycles. The molecule has 0 aromatic heterocycles. The largest absolute Gasteiger partial charge is 0.507 e. The summed E-state index contributed by atoms with van der Waals surface area (Å²) in [6.45, 7) is 0. The van der Waals surface area contributed by atoms with E-state index in [-0.39, 0.29) is 35.3 Å². The average Bonchev–Trinajstić information content (AvgIpc) is 2.57. The van der Waals surface area contributed by atoms with Crippen molar-refractivity contribution in [1.29, 1.82) is 0 Å². The normalized spacial score (nSPS) is 26.1. The molecule has 0 unspecified atom stereocenters. The van der Waals surface area contributed by atoms with E-state index < -0.39 is 40.7 Å². The van der Waals surface area contributed by atoms with E-state index in [2.05, 4.69) is 0 Å². The molecule has 26 heavy (non-hydrogen) atoms. The summed E-state index contributed by atoms with van der Waals surface area (Å²) in [5, 5.41) is 50.7. The third-order valence-corrected chi connectivity index (χ3v) is 5.46. The fourth-order valence-electron chi connectivity index (χ4n) is 4.35. The van der Waals surface area contributed by atoms with E-state index in [4.69, 9.17) is 0 Å². The molecule has 0 amide bonds. The predicted molar refractivity (Wildman–Crippen MR) is 88.3 cm³/mol. The number of ketones is 1. The van der Waals surface area contributed by atoms with Crippen molar-refractivity contribution in [3.8, 4) is 17.2 Å². The minimum Gasteiger partial charge on any atom is -0.507 e. The van der Waals surface area contributed by atoms with Crippen LogP contribution in [0, 0.1) is 5.92 Å². The molecule has 0 saturated carbocycles. The number of carbonyl (C=O) groups is 2. The lowest BCUT2D eigenvalue weighted by molar-refractivity contribution is -0.138. The van der Waals surface area contributed by atoms with Gasteiger partial charge in [-0.1, -0.05) is 12.1 Å². The number of benzene rings is 2. The summed E-state index contributed by atoms with van der Waals surface area (Å²) >= 11 is 0. The monoisotopic (exact) mass is 356 g/mol. The van der Waals surface area contributed by atoms with E-state index in [9.17, 15) is 35.1 Å². The van der Waals surface area contributed by atoms with Gasteiger partial charge in [0.25, 0.3) is 0 Å². The molecule has 2 aromatic rings. The van der Waals surface area contributed by atoms with Crippen molar-refractivity contribution in [2.45, 2.75) is 24.4 Å². The van der Waals surface area contributed by atoms with Crippen LogP contribution in [0.3, 0.4) is 0 Å². The molecule has 2 aliphatic rings. The molecule has 5 N–H and O–H groups in total. The Balaban J connectivity index is 2.06. The number of carbonyl (C=O) groups excluding carboxylic acids is 1. The Morgan fingerprint density at radius 3 is 2.46 bits per heavy atom.